The minimum Gasteiger partial charge on any atom is -0.396 e. The Morgan fingerprint density at radius 2 is 2.12 bits per heavy atom. The Balaban J connectivity index is 1.47. The molecule has 2 atom stereocenters. The van der Waals surface area contributed by atoms with Crippen molar-refractivity contribution in [1.82, 2.24) is 15.2 Å². The second kappa shape index (κ2) is 6.28. The van der Waals surface area contributed by atoms with Gasteiger partial charge in [-0.25, -0.2) is 4.99 Å². The van der Waals surface area contributed by atoms with E-state index in [4.69, 9.17) is 0 Å². The lowest BCUT2D eigenvalue weighted by atomic mass is 9.86. The Morgan fingerprint density at radius 3 is 2.92 bits per heavy atom. The minimum atomic E-state index is 0.0476. The molecule has 3 N–H and O–H groups in total. The second-order valence-corrected chi connectivity index (χ2v) is 6.68. The molecule has 2 unspecified atom stereocenters. The minimum absolute atomic E-state index is 0.0476. The fourth-order valence-corrected chi connectivity index (χ4v) is 3.71. The number of aromatic amines is 1. The van der Waals surface area contributed by atoms with Gasteiger partial charge in [0, 0.05) is 43.9 Å². The van der Waals surface area contributed by atoms with Crippen molar-refractivity contribution in [3.63, 3.8) is 0 Å². The molecule has 6 nitrogen and oxygen atoms in total. The smallest absolute Gasteiger partial charge is 0.270 e. The lowest BCUT2D eigenvalue weighted by Gasteiger charge is -2.30. The van der Waals surface area contributed by atoms with Gasteiger partial charge < -0.3 is 20.3 Å². The van der Waals surface area contributed by atoms with E-state index in [1.807, 2.05) is 29.6 Å². The summed E-state index contributed by atoms with van der Waals surface area (Å²) >= 11 is 0. The van der Waals surface area contributed by atoms with E-state index >= 15 is 0 Å². The Morgan fingerprint density at radius 1 is 1.29 bits per heavy atom. The number of rotatable bonds is 3. The van der Waals surface area contributed by atoms with E-state index in [1.54, 1.807) is 0 Å². The molecule has 24 heavy (non-hydrogen) atoms. The van der Waals surface area contributed by atoms with E-state index in [0.29, 0.717) is 24.7 Å². The number of amides is 1. The van der Waals surface area contributed by atoms with Crippen molar-refractivity contribution in [1.29, 1.82) is 0 Å². The maximum Gasteiger partial charge on any atom is 0.270 e. The van der Waals surface area contributed by atoms with Crippen LogP contribution in [0.5, 0.6) is 0 Å². The summed E-state index contributed by atoms with van der Waals surface area (Å²) in [6.45, 7) is 1.65. The Labute approximate surface area is 141 Å². The molecular weight excluding hydrogens is 304 g/mol. The van der Waals surface area contributed by atoms with Crippen molar-refractivity contribution in [3.05, 3.63) is 48.1 Å². The van der Waals surface area contributed by atoms with Crippen LogP contribution in [0.1, 0.15) is 34.8 Å². The molecule has 1 saturated heterocycles. The number of hydrogen-bond acceptors (Lipinski definition) is 4. The average molecular weight is 326 g/mol. The Bertz CT molecular complexity index is 710. The van der Waals surface area contributed by atoms with Gasteiger partial charge in [-0.1, -0.05) is 12.2 Å². The number of likely N-dealkylation sites (tertiary alicyclic amines) is 1. The van der Waals surface area contributed by atoms with Crippen LogP contribution >= 0.6 is 0 Å². The van der Waals surface area contributed by atoms with Gasteiger partial charge in [-0.3, -0.25) is 4.79 Å². The van der Waals surface area contributed by atoms with Crippen LogP contribution in [0.3, 0.4) is 0 Å². The molecule has 0 aromatic carbocycles. The number of nitrogens with one attached hydrogen (secondary N) is 2. The van der Waals surface area contributed by atoms with Gasteiger partial charge in [0.1, 0.15) is 11.5 Å². The molecule has 0 aliphatic carbocycles. The molecule has 1 aromatic heterocycles. The van der Waals surface area contributed by atoms with Gasteiger partial charge in [-0.15, -0.1) is 0 Å². The topological polar surface area (TPSA) is 80.7 Å². The van der Waals surface area contributed by atoms with Crippen molar-refractivity contribution in [2.45, 2.75) is 18.8 Å². The van der Waals surface area contributed by atoms with Crippen LogP contribution in [0.4, 0.5) is 0 Å². The van der Waals surface area contributed by atoms with Gasteiger partial charge in [-0.05, 0) is 36.6 Å². The Kier molecular flexibility index (Phi) is 3.98. The van der Waals surface area contributed by atoms with E-state index in [1.165, 1.54) is 0 Å². The molecule has 1 aromatic rings. The zero-order valence-electron chi connectivity index (χ0n) is 13.5. The number of nitrogens with zero attached hydrogens (tertiary/aromatic N) is 2. The highest BCUT2D eigenvalue weighted by atomic mass is 16.3. The van der Waals surface area contributed by atoms with Crippen LogP contribution in [-0.4, -0.2) is 46.4 Å². The summed E-state index contributed by atoms with van der Waals surface area (Å²) < 4.78 is 0. The molecule has 4 rings (SSSR count). The van der Waals surface area contributed by atoms with Gasteiger partial charge in [-0.2, -0.15) is 0 Å². The zero-order valence-corrected chi connectivity index (χ0v) is 13.5. The van der Waals surface area contributed by atoms with Crippen LogP contribution in [0.15, 0.2) is 41.8 Å². The lowest BCUT2D eigenvalue weighted by Crippen LogP contribution is -2.39. The number of piperidine rings is 1. The van der Waals surface area contributed by atoms with E-state index in [9.17, 15) is 9.90 Å². The maximum atomic E-state index is 12.7. The molecule has 0 radical (unpaired) electrons. The SMILES string of the molecule is O=C(c1cc(C2C=CN=C3NC=CC32)c[nH]1)N1CCC(CO)CC1. The number of carbonyl (C=O) groups excluding carboxylic acids is 1. The second-order valence-electron chi connectivity index (χ2n) is 6.68. The molecule has 0 saturated carbocycles. The van der Waals surface area contributed by atoms with Gasteiger partial charge >= 0.3 is 0 Å². The number of aliphatic hydroxyl groups excluding tert-OH is 1. The third-order valence-electron chi connectivity index (χ3n) is 5.23. The van der Waals surface area contributed by atoms with Gasteiger partial charge in [0.25, 0.3) is 5.91 Å². The molecule has 0 bridgehead atoms. The van der Waals surface area contributed by atoms with Crippen LogP contribution in [-0.2, 0) is 0 Å². The first kappa shape index (κ1) is 15.2. The fraction of sp³-hybridized carbons (Fsp3) is 0.444. The predicted octanol–water partition coefficient (Wildman–Crippen LogP) is 1.60. The molecule has 1 amide bonds. The number of amidine groups is 1. The number of aliphatic imine (C=N–C) groups is 1. The standard InChI is InChI=1S/C18H22N4O2/c23-11-12-3-7-22(8-4-12)18(24)16-9-13(10-21-16)14-1-5-19-17-15(14)2-6-20-17/h1-2,5-6,9-10,12,14-15,21,23H,3-4,7-8,11H2,(H,19,20). The monoisotopic (exact) mass is 326 g/mol. The third-order valence-corrected chi connectivity index (χ3v) is 5.23. The predicted molar refractivity (Wildman–Crippen MR) is 91.6 cm³/mol. The van der Waals surface area contributed by atoms with Gasteiger partial charge in [0.2, 0.25) is 0 Å². The summed E-state index contributed by atoms with van der Waals surface area (Å²) in [6.07, 6.45) is 11.6. The molecular formula is C18H22N4O2. The number of aromatic nitrogens is 1. The molecule has 126 valence electrons. The van der Waals surface area contributed by atoms with E-state index < -0.39 is 0 Å². The maximum absolute atomic E-state index is 12.7. The van der Waals surface area contributed by atoms with Crippen molar-refractivity contribution in [2.24, 2.45) is 16.8 Å². The van der Waals surface area contributed by atoms with Gasteiger partial charge in [0.05, 0.1) is 0 Å². The number of hydrogen-bond donors (Lipinski definition) is 3. The largest absolute Gasteiger partial charge is 0.396 e. The van der Waals surface area contributed by atoms with Crippen molar-refractivity contribution >= 4 is 11.7 Å². The number of allylic oxidation sites excluding steroid dienone is 1. The first-order valence-electron chi connectivity index (χ1n) is 8.52. The summed E-state index contributed by atoms with van der Waals surface area (Å²) in [5, 5.41) is 12.4. The fourth-order valence-electron chi connectivity index (χ4n) is 3.71. The molecule has 3 aliphatic heterocycles. The molecule has 1 fully saturated rings. The van der Waals surface area contributed by atoms with E-state index in [2.05, 4.69) is 27.4 Å². The zero-order chi connectivity index (χ0) is 16.5. The van der Waals surface area contributed by atoms with Crippen molar-refractivity contribution in [2.75, 3.05) is 19.7 Å². The molecule has 0 spiro atoms. The summed E-state index contributed by atoms with van der Waals surface area (Å²) in [4.78, 5) is 22.1. The molecule has 3 aliphatic rings. The quantitative estimate of drug-likeness (QED) is 0.789. The van der Waals surface area contributed by atoms with Crippen LogP contribution < -0.4 is 5.32 Å². The van der Waals surface area contributed by atoms with Gasteiger partial charge in [0.15, 0.2) is 0 Å². The van der Waals surface area contributed by atoms with Crippen molar-refractivity contribution < 1.29 is 9.90 Å². The number of fused-ring (bicyclic) bond motifs is 1. The van der Waals surface area contributed by atoms with Crippen LogP contribution in [0.25, 0.3) is 0 Å². The number of aliphatic hydroxyl groups is 1. The number of carbonyl (C=O) groups is 1. The number of H-pyrrole nitrogens is 1. The summed E-state index contributed by atoms with van der Waals surface area (Å²) in [5.74, 6) is 1.75. The summed E-state index contributed by atoms with van der Waals surface area (Å²) in [7, 11) is 0. The average Bonchev–Trinajstić information content (AvgIpc) is 3.30. The lowest BCUT2D eigenvalue weighted by molar-refractivity contribution is 0.0646. The molecule has 4 heterocycles. The first-order valence-corrected chi connectivity index (χ1v) is 8.52. The van der Waals surface area contributed by atoms with Crippen LogP contribution in [0, 0.1) is 11.8 Å². The highest BCUT2D eigenvalue weighted by molar-refractivity contribution is 5.94. The summed E-state index contributed by atoms with van der Waals surface area (Å²) in [6, 6.07) is 1.96. The first-order chi connectivity index (χ1) is 11.8. The Hall–Kier alpha value is -2.34. The summed E-state index contributed by atoms with van der Waals surface area (Å²) in [5.41, 5.74) is 1.74. The highest BCUT2D eigenvalue weighted by Crippen LogP contribution is 2.33. The van der Waals surface area contributed by atoms with E-state index in [-0.39, 0.29) is 24.3 Å². The normalized spacial score (nSPS) is 26.2. The van der Waals surface area contributed by atoms with E-state index in [0.717, 1.165) is 24.2 Å². The molecule has 6 heteroatoms. The highest BCUT2D eigenvalue weighted by Gasteiger charge is 2.30. The van der Waals surface area contributed by atoms with Crippen LogP contribution in [0.2, 0.25) is 0 Å². The third kappa shape index (κ3) is 2.67. The van der Waals surface area contributed by atoms with Crippen molar-refractivity contribution in [3.8, 4) is 0 Å².